The number of rotatable bonds is 5. The Balaban J connectivity index is 1.37. The number of likely N-dealkylation sites (N-methyl/N-ethyl adjacent to an activating group) is 1. The Labute approximate surface area is 162 Å². The molecule has 5 rings (SSSR count). The Hall–Kier alpha value is -2.87. The van der Waals surface area contributed by atoms with Gasteiger partial charge in [0.25, 0.3) is 0 Å². The first-order valence-electron chi connectivity index (χ1n) is 9.67. The highest BCUT2D eigenvalue weighted by atomic mass is 19.1. The summed E-state index contributed by atoms with van der Waals surface area (Å²) in [5.41, 5.74) is 2.63. The van der Waals surface area contributed by atoms with Crippen LogP contribution in [0, 0.1) is 5.82 Å². The molecule has 3 aromatic rings. The first-order chi connectivity index (χ1) is 13.7. The molecule has 0 unspecified atom stereocenters. The molecule has 3 heterocycles. The molecule has 1 aliphatic heterocycles. The number of aromatic nitrogens is 2. The highest BCUT2D eigenvalue weighted by Gasteiger charge is 2.24. The molecular formula is C20H23FN6O. The van der Waals surface area contributed by atoms with E-state index in [-0.39, 0.29) is 5.82 Å². The minimum absolute atomic E-state index is 0.240. The van der Waals surface area contributed by atoms with Gasteiger partial charge in [-0.1, -0.05) is 0 Å². The van der Waals surface area contributed by atoms with Crippen LogP contribution in [0.1, 0.15) is 12.8 Å². The Bertz CT molecular complexity index is 994. The van der Waals surface area contributed by atoms with E-state index in [1.165, 1.54) is 6.07 Å². The number of anilines is 4. The molecule has 0 radical (unpaired) electrons. The first-order valence-corrected chi connectivity index (χ1v) is 9.67. The van der Waals surface area contributed by atoms with Crippen molar-refractivity contribution in [3.8, 4) is 0 Å². The molecule has 1 saturated heterocycles. The van der Waals surface area contributed by atoms with Crippen LogP contribution in [0.25, 0.3) is 11.1 Å². The van der Waals surface area contributed by atoms with Crippen molar-refractivity contribution in [3.05, 3.63) is 36.3 Å². The highest BCUT2D eigenvalue weighted by molar-refractivity contribution is 5.85. The van der Waals surface area contributed by atoms with Gasteiger partial charge in [0, 0.05) is 44.0 Å². The van der Waals surface area contributed by atoms with E-state index in [2.05, 4.69) is 37.4 Å². The third kappa shape index (κ3) is 3.47. The number of hydrogen-bond donors (Lipinski definition) is 2. The summed E-state index contributed by atoms with van der Waals surface area (Å²) in [5.74, 6) is 0.855. The zero-order chi connectivity index (χ0) is 19.1. The van der Waals surface area contributed by atoms with Gasteiger partial charge in [-0.25, -0.2) is 9.37 Å². The maximum absolute atomic E-state index is 14.7. The predicted octanol–water partition coefficient (Wildman–Crippen LogP) is 3.43. The molecule has 2 aliphatic rings. The van der Waals surface area contributed by atoms with Gasteiger partial charge >= 0.3 is 0 Å². The van der Waals surface area contributed by atoms with Crippen LogP contribution in [0.5, 0.6) is 0 Å². The molecule has 0 bridgehead atoms. The van der Waals surface area contributed by atoms with E-state index in [4.69, 9.17) is 4.42 Å². The Morgan fingerprint density at radius 1 is 1.11 bits per heavy atom. The fourth-order valence-electron chi connectivity index (χ4n) is 3.46. The maximum atomic E-state index is 14.7. The third-order valence-electron chi connectivity index (χ3n) is 5.27. The maximum Gasteiger partial charge on any atom is 0.229 e. The van der Waals surface area contributed by atoms with Crippen LogP contribution < -0.4 is 15.5 Å². The van der Waals surface area contributed by atoms with E-state index in [1.807, 2.05) is 12.1 Å². The van der Waals surface area contributed by atoms with Gasteiger partial charge in [0.1, 0.15) is 11.3 Å². The second-order valence-electron chi connectivity index (χ2n) is 7.53. The van der Waals surface area contributed by atoms with Crippen molar-refractivity contribution in [2.24, 2.45) is 0 Å². The molecule has 0 spiro atoms. The summed E-state index contributed by atoms with van der Waals surface area (Å²) in [6, 6.07) is 7.44. The van der Waals surface area contributed by atoms with E-state index in [0.29, 0.717) is 34.8 Å². The van der Waals surface area contributed by atoms with Crippen molar-refractivity contribution in [3.63, 3.8) is 0 Å². The molecule has 28 heavy (non-hydrogen) atoms. The molecule has 2 aromatic heterocycles. The molecule has 8 heteroatoms. The average Bonchev–Trinajstić information content (AvgIpc) is 3.36. The van der Waals surface area contributed by atoms with Crippen LogP contribution in [0.4, 0.5) is 27.5 Å². The number of benzene rings is 1. The van der Waals surface area contributed by atoms with E-state index in [9.17, 15) is 4.39 Å². The van der Waals surface area contributed by atoms with Crippen molar-refractivity contribution in [1.82, 2.24) is 14.9 Å². The molecule has 2 fully saturated rings. The lowest BCUT2D eigenvalue weighted by molar-refractivity contribution is 0.311. The van der Waals surface area contributed by atoms with E-state index in [1.54, 1.807) is 12.3 Å². The lowest BCUT2D eigenvalue weighted by atomic mass is 10.2. The molecule has 146 valence electrons. The molecular weight excluding hydrogens is 359 g/mol. The van der Waals surface area contributed by atoms with Gasteiger partial charge in [-0.2, -0.15) is 4.98 Å². The van der Waals surface area contributed by atoms with Gasteiger partial charge in [-0.05, 0) is 38.1 Å². The summed E-state index contributed by atoms with van der Waals surface area (Å²) in [4.78, 5) is 13.3. The van der Waals surface area contributed by atoms with Crippen molar-refractivity contribution < 1.29 is 8.81 Å². The highest BCUT2D eigenvalue weighted by Crippen LogP contribution is 2.30. The monoisotopic (exact) mass is 382 g/mol. The molecule has 0 amide bonds. The predicted molar refractivity (Wildman–Crippen MR) is 108 cm³/mol. The lowest BCUT2D eigenvalue weighted by Gasteiger charge is -2.34. The topological polar surface area (TPSA) is 69.5 Å². The third-order valence-corrected chi connectivity index (χ3v) is 5.27. The number of halogens is 1. The zero-order valence-electron chi connectivity index (χ0n) is 15.8. The van der Waals surface area contributed by atoms with Crippen molar-refractivity contribution in [2.45, 2.75) is 18.9 Å². The van der Waals surface area contributed by atoms with Crippen LogP contribution in [0.3, 0.4) is 0 Å². The fraction of sp³-hybridized carbons (Fsp3) is 0.400. The summed E-state index contributed by atoms with van der Waals surface area (Å²) >= 11 is 0. The summed E-state index contributed by atoms with van der Waals surface area (Å²) in [7, 11) is 2.09. The number of piperazine rings is 1. The first kappa shape index (κ1) is 17.2. The van der Waals surface area contributed by atoms with Crippen molar-refractivity contribution in [1.29, 1.82) is 0 Å². The zero-order valence-corrected chi connectivity index (χ0v) is 15.8. The van der Waals surface area contributed by atoms with Crippen LogP contribution in [0.2, 0.25) is 0 Å². The summed E-state index contributed by atoms with van der Waals surface area (Å²) < 4.78 is 20.2. The molecule has 1 aliphatic carbocycles. The Morgan fingerprint density at radius 2 is 1.93 bits per heavy atom. The van der Waals surface area contributed by atoms with Gasteiger partial charge in [0.2, 0.25) is 5.95 Å². The summed E-state index contributed by atoms with van der Waals surface area (Å²) in [6.07, 6.45) is 3.87. The fourth-order valence-corrected chi connectivity index (χ4v) is 3.46. The van der Waals surface area contributed by atoms with Crippen LogP contribution >= 0.6 is 0 Å². The number of hydrogen-bond acceptors (Lipinski definition) is 7. The van der Waals surface area contributed by atoms with Crippen molar-refractivity contribution in [2.75, 3.05) is 48.8 Å². The lowest BCUT2D eigenvalue weighted by Crippen LogP contribution is -2.44. The molecule has 1 aromatic carbocycles. The van der Waals surface area contributed by atoms with Crippen LogP contribution in [-0.4, -0.2) is 54.1 Å². The van der Waals surface area contributed by atoms with E-state index < -0.39 is 0 Å². The van der Waals surface area contributed by atoms with Gasteiger partial charge in [0.05, 0.1) is 12.0 Å². The van der Waals surface area contributed by atoms with E-state index in [0.717, 1.165) is 44.5 Å². The smallest absolute Gasteiger partial charge is 0.229 e. The van der Waals surface area contributed by atoms with Crippen molar-refractivity contribution >= 4 is 34.2 Å². The SMILES string of the molecule is CN1CCN(c2ccc(Nc3nc(NC4CC4)c4occc4n3)cc2F)CC1. The molecule has 1 saturated carbocycles. The quantitative estimate of drug-likeness (QED) is 0.701. The van der Waals surface area contributed by atoms with E-state index >= 15 is 0 Å². The molecule has 0 atom stereocenters. The van der Waals surface area contributed by atoms with Gasteiger partial charge in [-0.3, -0.25) is 0 Å². The Morgan fingerprint density at radius 3 is 2.68 bits per heavy atom. The largest absolute Gasteiger partial charge is 0.459 e. The minimum Gasteiger partial charge on any atom is -0.459 e. The second kappa shape index (κ2) is 6.94. The summed E-state index contributed by atoms with van der Waals surface area (Å²) in [6.45, 7) is 3.54. The number of furan rings is 1. The minimum atomic E-state index is -0.240. The van der Waals surface area contributed by atoms with Gasteiger partial charge < -0.3 is 24.9 Å². The summed E-state index contributed by atoms with van der Waals surface area (Å²) in [5, 5.41) is 6.50. The van der Waals surface area contributed by atoms with Gasteiger partial charge in [-0.15, -0.1) is 0 Å². The second-order valence-corrected chi connectivity index (χ2v) is 7.53. The Kier molecular flexibility index (Phi) is 4.27. The average molecular weight is 382 g/mol. The molecule has 7 nitrogen and oxygen atoms in total. The van der Waals surface area contributed by atoms with Crippen LogP contribution in [-0.2, 0) is 0 Å². The van der Waals surface area contributed by atoms with Crippen LogP contribution in [0.15, 0.2) is 34.9 Å². The number of fused-ring (bicyclic) bond motifs is 1. The number of nitrogens with zero attached hydrogens (tertiary/aromatic N) is 4. The van der Waals surface area contributed by atoms with Gasteiger partial charge in [0.15, 0.2) is 11.4 Å². The number of nitrogens with one attached hydrogen (secondary N) is 2. The standard InChI is InChI=1S/C20H23FN6O/c1-26-7-9-27(10-8-26)17-5-4-14(12-15(17)21)23-20-24-16-6-11-28-18(16)19(25-20)22-13-2-3-13/h4-6,11-13H,2-3,7-10H2,1H3,(H2,22,23,24,25). The normalized spacial score (nSPS) is 17.9. The molecule has 2 N–H and O–H groups in total.